The molecule has 2 N–H and O–H groups in total. The predicted molar refractivity (Wildman–Crippen MR) is 72.6 cm³/mol. The van der Waals surface area contributed by atoms with Crippen molar-refractivity contribution in [3.8, 4) is 0 Å². The van der Waals surface area contributed by atoms with Gasteiger partial charge in [0, 0.05) is 52.5 Å². The van der Waals surface area contributed by atoms with Crippen molar-refractivity contribution in [3.63, 3.8) is 0 Å². The zero-order valence-corrected chi connectivity index (χ0v) is 11.0. The summed E-state index contributed by atoms with van der Waals surface area (Å²) in [6.45, 7) is 6.23. The number of β-amino-alcohol motifs (C(OH)–C–C–N with tert-alkyl or cyclic N) is 1. The first-order chi connectivity index (χ1) is 8.81. The maximum atomic E-state index is 8.90. The molecule has 1 saturated heterocycles. The highest BCUT2D eigenvalue weighted by Crippen LogP contribution is 2.09. The third-order valence-electron chi connectivity index (χ3n) is 3.37. The smallest absolute Gasteiger partial charge is 0.125 e. The van der Waals surface area contributed by atoms with Gasteiger partial charge in [0.15, 0.2) is 0 Å². The molecule has 18 heavy (non-hydrogen) atoms. The average molecular weight is 250 g/mol. The molecule has 100 valence electrons. The number of nitrogens with zero attached hydrogens (tertiary/aromatic N) is 3. The highest BCUT2D eigenvalue weighted by Gasteiger charge is 2.16. The van der Waals surface area contributed by atoms with Gasteiger partial charge in [-0.2, -0.15) is 0 Å². The zero-order chi connectivity index (χ0) is 12.8. The Morgan fingerprint density at radius 2 is 1.94 bits per heavy atom. The molecule has 0 atom stereocenters. The summed E-state index contributed by atoms with van der Waals surface area (Å²) in [5.41, 5.74) is 1.25. The van der Waals surface area contributed by atoms with Gasteiger partial charge in [-0.25, -0.2) is 4.98 Å². The number of hydrogen-bond donors (Lipinski definition) is 2. The van der Waals surface area contributed by atoms with Crippen LogP contribution < -0.4 is 5.32 Å². The Morgan fingerprint density at radius 3 is 2.50 bits per heavy atom. The molecule has 2 rings (SSSR count). The van der Waals surface area contributed by atoms with Crippen LogP contribution in [0.2, 0.25) is 0 Å². The Morgan fingerprint density at radius 1 is 1.22 bits per heavy atom. The lowest BCUT2D eigenvalue weighted by atomic mass is 10.2. The fourth-order valence-electron chi connectivity index (χ4n) is 2.24. The number of anilines is 1. The molecular weight excluding hydrogens is 228 g/mol. The second kappa shape index (κ2) is 6.68. The van der Waals surface area contributed by atoms with Crippen LogP contribution in [-0.4, -0.2) is 66.3 Å². The van der Waals surface area contributed by atoms with Gasteiger partial charge in [-0.3, -0.25) is 9.80 Å². The lowest BCUT2D eigenvalue weighted by molar-refractivity contribution is 0.108. The van der Waals surface area contributed by atoms with E-state index in [0.29, 0.717) is 0 Å². The molecule has 0 amide bonds. The molecule has 0 aliphatic carbocycles. The zero-order valence-electron chi connectivity index (χ0n) is 11.0. The van der Waals surface area contributed by atoms with Crippen LogP contribution in [0, 0.1) is 0 Å². The van der Waals surface area contributed by atoms with Crippen LogP contribution in [0.1, 0.15) is 5.56 Å². The summed E-state index contributed by atoms with van der Waals surface area (Å²) in [7, 11) is 1.88. The van der Waals surface area contributed by atoms with E-state index in [9.17, 15) is 0 Å². The van der Waals surface area contributed by atoms with E-state index in [1.165, 1.54) is 5.56 Å². The monoisotopic (exact) mass is 250 g/mol. The third kappa shape index (κ3) is 3.66. The topological polar surface area (TPSA) is 51.6 Å². The van der Waals surface area contributed by atoms with E-state index in [1.807, 2.05) is 19.3 Å². The molecule has 1 aromatic heterocycles. The molecule has 0 saturated carbocycles. The van der Waals surface area contributed by atoms with Gasteiger partial charge in [-0.15, -0.1) is 0 Å². The summed E-state index contributed by atoms with van der Waals surface area (Å²) in [6, 6.07) is 4.14. The molecule has 1 fully saturated rings. The van der Waals surface area contributed by atoms with Crippen LogP contribution in [-0.2, 0) is 6.54 Å². The van der Waals surface area contributed by atoms with E-state index in [4.69, 9.17) is 5.11 Å². The summed E-state index contributed by atoms with van der Waals surface area (Å²) in [5, 5.41) is 11.9. The Kier molecular flexibility index (Phi) is 4.92. The summed E-state index contributed by atoms with van der Waals surface area (Å²) < 4.78 is 0. The molecule has 0 unspecified atom stereocenters. The normalized spacial score (nSPS) is 17.9. The van der Waals surface area contributed by atoms with Gasteiger partial charge in [0.2, 0.25) is 0 Å². The first-order valence-corrected chi connectivity index (χ1v) is 6.50. The largest absolute Gasteiger partial charge is 0.395 e. The van der Waals surface area contributed by atoms with Gasteiger partial charge in [-0.05, 0) is 11.6 Å². The van der Waals surface area contributed by atoms with Gasteiger partial charge < -0.3 is 10.4 Å². The second-order valence-corrected chi connectivity index (χ2v) is 4.64. The van der Waals surface area contributed by atoms with Crippen molar-refractivity contribution >= 4 is 5.82 Å². The van der Waals surface area contributed by atoms with Crippen molar-refractivity contribution in [2.45, 2.75) is 6.54 Å². The number of nitrogens with one attached hydrogen (secondary N) is 1. The number of aliphatic hydroxyl groups excluding tert-OH is 1. The molecule has 1 aromatic rings. The van der Waals surface area contributed by atoms with E-state index < -0.39 is 0 Å². The number of piperazine rings is 1. The van der Waals surface area contributed by atoms with Crippen LogP contribution in [0.25, 0.3) is 0 Å². The highest BCUT2D eigenvalue weighted by molar-refractivity contribution is 5.34. The van der Waals surface area contributed by atoms with Crippen molar-refractivity contribution in [2.75, 3.05) is 51.7 Å². The maximum Gasteiger partial charge on any atom is 0.125 e. The van der Waals surface area contributed by atoms with Crippen LogP contribution in [0.4, 0.5) is 5.82 Å². The van der Waals surface area contributed by atoms with Crippen molar-refractivity contribution in [1.29, 1.82) is 0 Å². The number of aromatic nitrogens is 1. The summed E-state index contributed by atoms with van der Waals surface area (Å²) in [4.78, 5) is 9.06. The van der Waals surface area contributed by atoms with Gasteiger partial charge in [0.1, 0.15) is 5.82 Å². The fourth-order valence-corrected chi connectivity index (χ4v) is 2.24. The Bertz CT molecular complexity index is 347. The number of aliphatic hydroxyl groups is 1. The number of hydrogen-bond acceptors (Lipinski definition) is 5. The molecule has 0 aromatic carbocycles. The molecule has 0 bridgehead atoms. The molecule has 0 spiro atoms. The van der Waals surface area contributed by atoms with Crippen molar-refractivity contribution in [3.05, 3.63) is 23.9 Å². The van der Waals surface area contributed by atoms with Crippen molar-refractivity contribution in [1.82, 2.24) is 14.8 Å². The van der Waals surface area contributed by atoms with Crippen LogP contribution in [0.15, 0.2) is 18.3 Å². The van der Waals surface area contributed by atoms with Gasteiger partial charge in [0.05, 0.1) is 6.61 Å². The molecule has 5 heteroatoms. The average Bonchev–Trinajstić information content (AvgIpc) is 2.42. The highest BCUT2D eigenvalue weighted by atomic mass is 16.3. The molecular formula is C13H22N4O. The van der Waals surface area contributed by atoms with Crippen LogP contribution >= 0.6 is 0 Å². The predicted octanol–water partition coefficient (Wildman–Crippen LogP) is 0.233. The van der Waals surface area contributed by atoms with Gasteiger partial charge >= 0.3 is 0 Å². The lowest BCUT2D eigenvalue weighted by Crippen LogP contribution is -2.46. The Hall–Kier alpha value is -1.17. The number of rotatable bonds is 5. The minimum absolute atomic E-state index is 0.259. The summed E-state index contributed by atoms with van der Waals surface area (Å²) in [6.07, 6.45) is 1.94. The minimum Gasteiger partial charge on any atom is -0.395 e. The number of pyridine rings is 1. The Balaban J connectivity index is 1.80. The van der Waals surface area contributed by atoms with E-state index >= 15 is 0 Å². The molecule has 5 nitrogen and oxygen atoms in total. The second-order valence-electron chi connectivity index (χ2n) is 4.64. The maximum absolute atomic E-state index is 8.90. The standard InChI is InChI=1S/C13H22N4O/c1-14-13-3-2-12(10-15-13)11-17-6-4-16(5-7-17)8-9-18/h2-3,10,18H,4-9,11H2,1H3,(H,14,15). The van der Waals surface area contributed by atoms with Crippen molar-refractivity contribution < 1.29 is 5.11 Å². The van der Waals surface area contributed by atoms with Crippen LogP contribution in [0.5, 0.6) is 0 Å². The van der Waals surface area contributed by atoms with Crippen molar-refractivity contribution in [2.24, 2.45) is 0 Å². The van der Waals surface area contributed by atoms with E-state index in [0.717, 1.165) is 45.1 Å². The molecule has 1 aliphatic heterocycles. The quantitative estimate of drug-likeness (QED) is 0.784. The first-order valence-electron chi connectivity index (χ1n) is 6.50. The summed E-state index contributed by atoms with van der Waals surface area (Å²) >= 11 is 0. The van der Waals surface area contributed by atoms with E-state index in [2.05, 4.69) is 26.2 Å². The minimum atomic E-state index is 0.259. The van der Waals surface area contributed by atoms with Gasteiger partial charge in [0.25, 0.3) is 0 Å². The molecule has 0 radical (unpaired) electrons. The molecule has 1 aliphatic rings. The first kappa shape index (κ1) is 13.3. The van der Waals surface area contributed by atoms with Crippen LogP contribution in [0.3, 0.4) is 0 Å². The SMILES string of the molecule is CNc1ccc(CN2CCN(CCO)CC2)cn1. The lowest BCUT2D eigenvalue weighted by Gasteiger charge is -2.34. The van der Waals surface area contributed by atoms with Gasteiger partial charge in [-0.1, -0.05) is 6.07 Å². The van der Waals surface area contributed by atoms with E-state index in [-0.39, 0.29) is 6.61 Å². The summed E-state index contributed by atoms with van der Waals surface area (Å²) in [5.74, 6) is 0.909. The Labute approximate surface area is 108 Å². The molecule has 2 heterocycles. The third-order valence-corrected chi connectivity index (χ3v) is 3.37. The van der Waals surface area contributed by atoms with E-state index in [1.54, 1.807) is 0 Å². The fraction of sp³-hybridized carbons (Fsp3) is 0.615.